The van der Waals surface area contributed by atoms with E-state index in [1.54, 1.807) is 0 Å². The monoisotopic (exact) mass is 241 g/mol. The smallest absolute Gasteiger partial charge is 0.119 e. The van der Waals surface area contributed by atoms with Crippen molar-refractivity contribution in [1.82, 2.24) is 0 Å². The van der Waals surface area contributed by atoms with Crippen LogP contribution in [0.2, 0.25) is 5.02 Å². The van der Waals surface area contributed by atoms with E-state index in [4.69, 9.17) is 22.1 Å². The number of hydrogen-bond acceptors (Lipinski definition) is 2. The number of hydrogen-bond donors (Lipinski definition) is 1. The molecule has 1 rings (SSSR count). The van der Waals surface area contributed by atoms with Crippen molar-refractivity contribution < 1.29 is 4.74 Å². The molecule has 0 spiro atoms. The lowest BCUT2D eigenvalue weighted by Gasteiger charge is -2.16. The maximum absolute atomic E-state index is 5.98. The molecule has 1 aromatic carbocycles. The third-order valence-electron chi connectivity index (χ3n) is 2.68. The summed E-state index contributed by atoms with van der Waals surface area (Å²) in [6, 6.07) is 7.45. The van der Waals surface area contributed by atoms with E-state index in [9.17, 15) is 0 Å². The van der Waals surface area contributed by atoms with Crippen LogP contribution >= 0.6 is 11.6 Å². The van der Waals surface area contributed by atoms with Crippen molar-refractivity contribution in [2.45, 2.75) is 32.7 Å². The van der Waals surface area contributed by atoms with Crippen LogP contribution in [0.1, 0.15) is 26.7 Å². The molecule has 0 bridgehead atoms. The van der Waals surface area contributed by atoms with Crippen LogP contribution in [0.3, 0.4) is 0 Å². The first kappa shape index (κ1) is 13.3. The fraction of sp³-hybridized carbons (Fsp3) is 0.538. The van der Waals surface area contributed by atoms with Gasteiger partial charge in [0.15, 0.2) is 0 Å². The molecule has 0 heterocycles. The summed E-state index contributed by atoms with van der Waals surface area (Å²) in [5.41, 5.74) is 5.98. The van der Waals surface area contributed by atoms with Crippen LogP contribution in [0.5, 0.6) is 5.75 Å². The van der Waals surface area contributed by atoms with Gasteiger partial charge in [0.05, 0.1) is 0 Å². The zero-order valence-electron chi connectivity index (χ0n) is 9.95. The summed E-state index contributed by atoms with van der Waals surface area (Å²) in [6.45, 7) is 4.95. The maximum Gasteiger partial charge on any atom is 0.119 e. The number of rotatable bonds is 6. The highest BCUT2D eigenvalue weighted by Gasteiger charge is 2.08. The summed E-state index contributed by atoms with van der Waals surface area (Å²) in [7, 11) is 0. The van der Waals surface area contributed by atoms with Crippen LogP contribution in [-0.4, -0.2) is 12.6 Å². The van der Waals surface area contributed by atoms with Crippen LogP contribution in [0, 0.1) is 5.92 Å². The van der Waals surface area contributed by atoms with Gasteiger partial charge in [-0.3, -0.25) is 0 Å². The van der Waals surface area contributed by atoms with Gasteiger partial charge in [0.25, 0.3) is 0 Å². The molecule has 3 heteroatoms. The third-order valence-corrected chi connectivity index (χ3v) is 2.93. The zero-order chi connectivity index (χ0) is 12.0. The minimum absolute atomic E-state index is 0.102. The number of benzene rings is 1. The van der Waals surface area contributed by atoms with Gasteiger partial charge >= 0.3 is 0 Å². The standard InChI is InChI=1S/C13H20ClNO/c1-3-10(2)8-12(15)9-16-13-6-4-11(14)5-7-13/h4-7,10,12H,3,8-9,15H2,1-2H3. The minimum atomic E-state index is 0.102. The second-order valence-corrected chi connectivity index (χ2v) is 4.71. The Bertz CT molecular complexity index is 299. The van der Waals surface area contributed by atoms with Crippen molar-refractivity contribution >= 4 is 11.6 Å². The Morgan fingerprint density at radius 3 is 2.50 bits per heavy atom. The van der Waals surface area contributed by atoms with Gasteiger partial charge in [-0.05, 0) is 36.6 Å². The highest BCUT2D eigenvalue weighted by molar-refractivity contribution is 6.30. The second-order valence-electron chi connectivity index (χ2n) is 4.27. The maximum atomic E-state index is 5.98. The minimum Gasteiger partial charge on any atom is -0.492 e. The summed E-state index contributed by atoms with van der Waals surface area (Å²) >= 11 is 5.78. The second kappa shape index (κ2) is 6.77. The zero-order valence-corrected chi connectivity index (χ0v) is 10.7. The lowest BCUT2D eigenvalue weighted by molar-refractivity contribution is 0.266. The average Bonchev–Trinajstić information content (AvgIpc) is 2.28. The summed E-state index contributed by atoms with van der Waals surface area (Å²) in [4.78, 5) is 0. The van der Waals surface area contributed by atoms with Gasteiger partial charge in [-0.2, -0.15) is 0 Å². The molecule has 2 nitrogen and oxygen atoms in total. The van der Waals surface area contributed by atoms with Gasteiger partial charge in [-0.1, -0.05) is 31.9 Å². The van der Waals surface area contributed by atoms with Crippen LogP contribution < -0.4 is 10.5 Å². The average molecular weight is 242 g/mol. The predicted octanol–water partition coefficient (Wildman–Crippen LogP) is 3.48. The molecular weight excluding hydrogens is 222 g/mol. The van der Waals surface area contributed by atoms with Gasteiger partial charge in [0, 0.05) is 11.1 Å². The summed E-state index contributed by atoms with van der Waals surface area (Å²) in [5.74, 6) is 1.48. The van der Waals surface area contributed by atoms with Crippen LogP contribution in [0.25, 0.3) is 0 Å². The largest absolute Gasteiger partial charge is 0.492 e. The van der Waals surface area contributed by atoms with Crippen LogP contribution in [0.4, 0.5) is 0 Å². The number of nitrogens with two attached hydrogens (primary N) is 1. The van der Waals surface area contributed by atoms with E-state index in [1.165, 1.54) is 0 Å². The van der Waals surface area contributed by atoms with Crippen LogP contribution in [0.15, 0.2) is 24.3 Å². The molecule has 0 aliphatic rings. The van der Waals surface area contributed by atoms with Crippen molar-refractivity contribution in [3.63, 3.8) is 0 Å². The van der Waals surface area contributed by atoms with E-state index < -0.39 is 0 Å². The quantitative estimate of drug-likeness (QED) is 0.828. The molecule has 2 unspecified atom stereocenters. The SMILES string of the molecule is CCC(C)CC(N)COc1ccc(Cl)cc1. The fourth-order valence-corrected chi connectivity index (χ4v) is 1.61. The molecule has 0 saturated carbocycles. The fourth-order valence-electron chi connectivity index (χ4n) is 1.49. The van der Waals surface area contributed by atoms with Gasteiger partial charge in [-0.15, -0.1) is 0 Å². The van der Waals surface area contributed by atoms with E-state index in [-0.39, 0.29) is 6.04 Å². The van der Waals surface area contributed by atoms with Gasteiger partial charge < -0.3 is 10.5 Å². The van der Waals surface area contributed by atoms with Gasteiger partial charge in [0.2, 0.25) is 0 Å². The number of ether oxygens (including phenoxy) is 1. The summed E-state index contributed by atoms with van der Waals surface area (Å²) < 4.78 is 5.58. The Hall–Kier alpha value is -0.730. The highest BCUT2D eigenvalue weighted by Crippen LogP contribution is 2.16. The molecule has 0 amide bonds. The highest BCUT2D eigenvalue weighted by atomic mass is 35.5. The number of halogens is 1. The van der Waals surface area contributed by atoms with Gasteiger partial charge in [-0.25, -0.2) is 0 Å². The molecule has 2 atom stereocenters. The van der Waals surface area contributed by atoms with Crippen molar-refractivity contribution in [1.29, 1.82) is 0 Å². The third kappa shape index (κ3) is 4.86. The lowest BCUT2D eigenvalue weighted by atomic mass is 10.0. The van der Waals surface area contributed by atoms with E-state index in [2.05, 4.69) is 13.8 Å². The van der Waals surface area contributed by atoms with Crippen molar-refractivity contribution in [2.24, 2.45) is 11.7 Å². The topological polar surface area (TPSA) is 35.2 Å². The molecule has 0 saturated heterocycles. The molecule has 0 radical (unpaired) electrons. The Balaban J connectivity index is 2.31. The summed E-state index contributed by atoms with van der Waals surface area (Å²) in [5, 5.41) is 0.719. The van der Waals surface area contributed by atoms with Gasteiger partial charge in [0.1, 0.15) is 12.4 Å². The van der Waals surface area contributed by atoms with Crippen LogP contribution in [-0.2, 0) is 0 Å². The molecule has 16 heavy (non-hydrogen) atoms. The van der Waals surface area contributed by atoms with E-state index in [0.29, 0.717) is 12.5 Å². The molecule has 0 aliphatic carbocycles. The molecule has 1 aromatic rings. The van der Waals surface area contributed by atoms with E-state index in [0.717, 1.165) is 23.6 Å². The first-order valence-corrected chi connectivity index (χ1v) is 6.13. The molecule has 2 N–H and O–H groups in total. The van der Waals surface area contributed by atoms with Crippen molar-refractivity contribution in [3.05, 3.63) is 29.3 Å². The first-order valence-electron chi connectivity index (χ1n) is 5.75. The Morgan fingerprint density at radius 1 is 1.31 bits per heavy atom. The van der Waals surface area contributed by atoms with Crippen molar-refractivity contribution in [3.8, 4) is 5.75 Å². The van der Waals surface area contributed by atoms with E-state index >= 15 is 0 Å². The molecule has 90 valence electrons. The van der Waals surface area contributed by atoms with Crippen molar-refractivity contribution in [2.75, 3.05) is 6.61 Å². The molecular formula is C13H20ClNO. The normalized spacial score (nSPS) is 14.5. The Kier molecular flexibility index (Phi) is 5.64. The Labute approximate surface area is 103 Å². The summed E-state index contributed by atoms with van der Waals surface area (Å²) in [6.07, 6.45) is 2.17. The molecule has 0 fully saturated rings. The first-order chi connectivity index (χ1) is 7.61. The lowest BCUT2D eigenvalue weighted by Crippen LogP contribution is -2.29. The molecule has 0 aliphatic heterocycles. The molecule has 0 aromatic heterocycles. The predicted molar refractivity (Wildman–Crippen MR) is 69.0 cm³/mol. The Morgan fingerprint density at radius 2 is 1.94 bits per heavy atom. The van der Waals surface area contributed by atoms with E-state index in [1.807, 2.05) is 24.3 Å².